The highest BCUT2D eigenvalue weighted by atomic mass is 16.1. The minimum absolute atomic E-state index is 0.0795. The van der Waals surface area contributed by atoms with Gasteiger partial charge in [0.2, 0.25) is 0 Å². The maximum atomic E-state index is 11.4. The summed E-state index contributed by atoms with van der Waals surface area (Å²) in [5.41, 5.74) is 1.97. The molecule has 2 nitrogen and oxygen atoms in total. The summed E-state index contributed by atoms with van der Waals surface area (Å²) in [6.45, 7) is 4.00. The third-order valence-electron chi connectivity index (χ3n) is 3.25. The first kappa shape index (κ1) is 9.38. The summed E-state index contributed by atoms with van der Waals surface area (Å²) in [5.74, 6) is 0.385. The van der Waals surface area contributed by atoms with Crippen LogP contribution in [0.2, 0.25) is 0 Å². The van der Waals surface area contributed by atoms with Gasteiger partial charge in [-0.25, -0.2) is 0 Å². The number of fused-ring (bicyclic) bond motifs is 1. The Balaban J connectivity index is 2.52. The molecule has 0 saturated heterocycles. The van der Waals surface area contributed by atoms with Crippen molar-refractivity contribution in [2.45, 2.75) is 33.1 Å². The van der Waals surface area contributed by atoms with Crippen LogP contribution >= 0.6 is 0 Å². The van der Waals surface area contributed by atoms with Crippen LogP contribution in [-0.4, -0.2) is 11.6 Å². The van der Waals surface area contributed by atoms with Crippen LogP contribution in [0.1, 0.15) is 33.1 Å². The molecule has 2 heteroatoms. The van der Waals surface area contributed by atoms with Gasteiger partial charge in [-0.3, -0.25) is 9.59 Å². The number of carbonyl (C=O) groups excluding carboxylic acids is 2. The Bertz CT molecular complexity index is 374. The Hall–Kier alpha value is -1.18. The van der Waals surface area contributed by atoms with E-state index in [1.807, 2.05) is 6.92 Å². The second kappa shape index (κ2) is 2.91. The monoisotopic (exact) mass is 190 g/mol. The van der Waals surface area contributed by atoms with E-state index >= 15 is 0 Å². The molecule has 74 valence electrons. The lowest BCUT2D eigenvalue weighted by Gasteiger charge is -2.37. The summed E-state index contributed by atoms with van der Waals surface area (Å²) >= 11 is 0. The highest BCUT2D eigenvalue weighted by molar-refractivity contribution is 5.98. The van der Waals surface area contributed by atoms with E-state index in [0.29, 0.717) is 12.8 Å². The SMILES string of the molecule is CC1=CC(=O)CC2(C)CCC(=O)C=C12. The van der Waals surface area contributed by atoms with Gasteiger partial charge in [0.25, 0.3) is 0 Å². The summed E-state index contributed by atoms with van der Waals surface area (Å²) in [5, 5.41) is 0. The van der Waals surface area contributed by atoms with Crippen molar-refractivity contribution in [1.29, 1.82) is 0 Å². The summed E-state index contributed by atoms with van der Waals surface area (Å²) in [7, 11) is 0. The average molecular weight is 190 g/mol. The first-order valence-corrected chi connectivity index (χ1v) is 4.98. The van der Waals surface area contributed by atoms with Gasteiger partial charge in [0.15, 0.2) is 11.6 Å². The lowest BCUT2D eigenvalue weighted by atomic mass is 9.66. The Morgan fingerprint density at radius 3 is 2.64 bits per heavy atom. The molecular weight excluding hydrogens is 176 g/mol. The van der Waals surface area contributed by atoms with Crippen molar-refractivity contribution >= 4 is 11.6 Å². The third-order valence-corrected chi connectivity index (χ3v) is 3.25. The van der Waals surface area contributed by atoms with Crippen LogP contribution in [0, 0.1) is 5.41 Å². The van der Waals surface area contributed by atoms with Gasteiger partial charge in [-0.1, -0.05) is 6.92 Å². The number of hydrogen-bond acceptors (Lipinski definition) is 2. The largest absolute Gasteiger partial charge is 0.295 e. The number of ketones is 2. The van der Waals surface area contributed by atoms with E-state index in [-0.39, 0.29) is 17.0 Å². The molecule has 0 fully saturated rings. The van der Waals surface area contributed by atoms with Crippen molar-refractivity contribution in [3.63, 3.8) is 0 Å². The normalized spacial score (nSPS) is 32.1. The predicted octanol–water partition coefficient (Wildman–Crippen LogP) is 2.20. The summed E-state index contributed by atoms with van der Waals surface area (Å²) in [6, 6.07) is 0. The van der Waals surface area contributed by atoms with Gasteiger partial charge in [-0.05, 0) is 36.6 Å². The number of hydrogen-bond donors (Lipinski definition) is 0. The molecule has 14 heavy (non-hydrogen) atoms. The van der Waals surface area contributed by atoms with E-state index in [1.54, 1.807) is 12.2 Å². The van der Waals surface area contributed by atoms with Gasteiger partial charge in [-0.2, -0.15) is 0 Å². The molecule has 0 aliphatic heterocycles. The summed E-state index contributed by atoms with van der Waals surface area (Å²) in [6.07, 6.45) is 5.34. The van der Waals surface area contributed by atoms with Crippen molar-refractivity contribution in [2.75, 3.05) is 0 Å². The van der Waals surface area contributed by atoms with Crippen molar-refractivity contribution in [3.8, 4) is 0 Å². The van der Waals surface area contributed by atoms with Crippen LogP contribution in [-0.2, 0) is 9.59 Å². The first-order valence-electron chi connectivity index (χ1n) is 4.98. The van der Waals surface area contributed by atoms with Crippen LogP contribution in [0.25, 0.3) is 0 Å². The highest BCUT2D eigenvalue weighted by Crippen LogP contribution is 2.45. The number of carbonyl (C=O) groups is 2. The fraction of sp³-hybridized carbons (Fsp3) is 0.500. The second-order valence-electron chi connectivity index (χ2n) is 4.56. The molecule has 2 aliphatic carbocycles. The Morgan fingerprint density at radius 2 is 1.93 bits per heavy atom. The fourth-order valence-corrected chi connectivity index (χ4v) is 2.47. The van der Waals surface area contributed by atoms with Gasteiger partial charge in [0.1, 0.15) is 0 Å². The molecule has 0 saturated carbocycles. The van der Waals surface area contributed by atoms with Crippen molar-refractivity contribution in [2.24, 2.45) is 5.41 Å². The van der Waals surface area contributed by atoms with Gasteiger partial charge in [0.05, 0.1) is 0 Å². The smallest absolute Gasteiger partial charge is 0.156 e. The van der Waals surface area contributed by atoms with Crippen molar-refractivity contribution in [3.05, 3.63) is 23.3 Å². The minimum atomic E-state index is -0.0795. The Kier molecular flexibility index (Phi) is 1.95. The number of rotatable bonds is 0. The molecule has 0 aromatic heterocycles. The highest BCUT2D eigenvalue weighted by Gasteiger charge is 2.38. The standard InChI is InChI=1S/C12H14O2/c1-8-5-10(14)7-12(2)4-3-9(13)6-11(8)12/h5-6H,3-4,7H2,1-2H3. The van der Waals surface area contributed by atoms with Gasteiger partial charge in [-0.15, -0.1) is 0 Å². The van der Waals surface area contributed by atoms with E-state index < -0.39 is 0 Å². The molecular formula is C12H14O2. The molecule has 0 heterocycles. The van der Waals surface area contributed by atoms with E-state index in [0.717, 1.165) is 17.6 Å². The Labute approximate surface area is 83.7 Å². The minimum Gasteiger partial charge on any atom is -0.295 e. The van der Waals surface area contributed by atoms with E-state index in [2.05, 4.69) is 6.92 Å². The van der Waals surface area contributed by atoms with Crippen molar-refractivity contribution in [1.82, 2.24) is 0 Å². The molecule has 0 bridgehead atoms. The summed E-state index contributed by atoms with van der Waals surface area (Å²) in [4.78, 5) is 22.7. The van der Waals surface area contributed by atoms with Crippen LogP contribution in [0.4, 0.5) is 0 Å². The zero-order valence-electron chi connectivity index (χ0n) is 8.59. The zero-order valence-corrected chi connectivity index (χ0v) is 8.59. The fourth-order valence-electron chi connectivity index (χ4n) is 2.47. The quantitative estimate of drug-likeness (QED) is 0.586. The lowest BCUT2D eigenvalue weighted by molar-refractivity contribution is -0.119. The van der Waals surface area contributed by atoms with Crippen LogP contribution in [0.15, 0.2) is 23.3 Å². The maximum Gasteiger partial charge on any atom is 0.156 e. The average Bonchev–Trinajstić information content (AvgIpc) is 2.07. The molecule has 2 aliphatic rings. The molecule has 0 spiro atoms. The first-order chi connectivity index (χ1) is 6.51. The number of allylic oxidation sites excluding steroid dienone is 4. The molecule has 1 unspecified atom stereocenters. The predicted molar refractivity (Wildman–Crippen MR) is 53.8 cm³/mol. The van der Waals surface area contributed by atoms with Gasteiger partial charge < -0.3 is 0 Å². The van der Waals surface area contributed by atoms with E-state index in [1.165, 1.54) is 0 Å². The second-order valence-corrected chi connectivity index (χ2v) is 4.56. The molecule has 0 N–H and O–H groups in total. The van der Waals surface area contributed by atoms with E-state index in [9.17, 15) is 9.59 Å². The molecule has 0 aromatic carbocycles. The molecule has 0 amide bonds. The third kappa shape index (κ3) is 1.35. The zero-order chi connectivity index (χ0) is 10.3. The van der Waals surface area contributed by atoms with Gasteiger partial charge >= 0.3 is 0 Å². The van der Waals surface area contributed by atoms with Crippen LogP contribution in [0.5, 0.6) is 0 Å². The van der Waals surface area contributed by atoms with Crippen LogP contribution < -0.4 is 0 Å². The topological polar surface area (TPSA) is 34.1 Å². The molecule has 0 aromatic rings. The molecule has 2 rings (SSSR count). The molecule has 0 radical (unpaired) electrons. The molecule has 1 atom stereocenters. The lowest BCUT2D eigenvalue weighted by Crippen LogP contribution is -2.31. The van der Waals surface area contributed by atoms with E-state index in [4.69, 9.17) is 0 Å². The summed E-state index contributed by atoms with van der Waals surface area (Å²) < 4.78 is 0. The van der Waals surface area contributed by atoms with Gasteiger partial charge in [0, 0.05) is 18.3 Å². The van der Waals surface area contributed by atoms with Crippen LogP contribution in [0.3, 0.4) is 0 Å². The Morgan fingerprint density at radius 1 is 1.21 bits per heavy atom. The maximum absolute atomic E-state index is 11.4. The van der Waals surface area contributed by atoms with Crippen molar-refractivity contribution < 1.29 is 9.59 Å².